The SMILES string of the molecule is C.CC(C)(C)[Si](C)(C)OC1[C@@H](O[P+](=O)O)[C@@H](CO)O[C@H]1n1ccc2c(NC(=O)c3ccccc3)ncnc21. The fourth-order valence-corrected chi connectivity index (χ4v) is 5.75. The van der Waals surface area contributed by atoms with Crippen LogP contribution in [0.2, 0.25) is 18.1 Å². The van der Waals surface area contributed by atoms with Gasteiger partial charge in [0.1, 0.15) is 30.0 Å². The molecule has 206 valence electrons. The lowest BCUT2D eigenvalue weighted by molar-refractivity contribution is -0.0484. The Balaban J connectivity index is 0.00000400. The van der Waals surface area contributed by atoms with Crippen LogP contribution in [-0.2, 0) is 18.3 Å². The number of carbonyl (C=O) groups is 1. The Hall–Kier alpha value is -2.57. The van der Waals surface area contributed by atoms with Crippen molar-refractivity contribution in [1.82, 2.24) is 14.5 Å². The molecule has 1 aliphatic rings. The first-order valence-corrected chi connectivity index (χ1v) is 15.9. The summed E-state index contributed by atoms with van der Waals surface area (Å²) in [7, 11) is -5.39. The molecule has 3 aromatic rings. The van der Waals surface area contributed by atoms with Gasteiger partial charge in [-0.1, -0.05) is 46.4 Å². The van der Waals surface area contributed by atoms with Crippen LogP contribution in [0.4, 0.5) is 5.82 Å². The first-order chi connectivity index (χ1) is 17.4. The number of nitrogens with one attached hydrogen (secondary N) is 1. The van der Waals surface area contributed by atoms with Gasteiger partial charge >= 0.3 is 8.25 Å². The lowest BCUT2D eigenvalue weighted by Crippen LogP contribution is -2.49. The molecule has 3 N–H and O–H groups in total. The molecule has 4 rings (SSSR count). The largest absolute Gasteiger partial charge is 0.695 e. The van der Waals surface area contributed by atoms with Gasteiger partial charge in [-0.2, -0.15) is 0 Å². The van der Waals surface area contributed by atoms with Crippen LogP contribution < -0.4 is 5.32 Å². The number of hydrogen-bond donors (Lipinski definition) is 3. The summed E-state index contributed by atoms with van der Waals surface area (Å²) in [6.07, 6.45) is -0.467. The van der Waals surface area contributed by atoms with Crippen LogP contribution >= 0.6 is 8.25 Å². The first kappa shape index (κ1) is 30.0. The second kappa shape index (κ2) is 11.7. The zero-order valence-electron chi connectivity index (χ0n) is 21.4. The Bertz CT molecular complexity index is 1280. The fourth-order valence-electron chi connectivity index (χ4n) is 4.00. The molecule has 2 aromatic heterocycles. The summed E-state index contributed by atoms with van der Waals surface area (Å²) in [5.74, 6) is 0.00701. The highest BCUT2D eigenvalue weighted by Crippen LogP contribution is 2.44. The first-order valence-electron chi connectivity index (χ1n) is 11.9. The smallest absolute Gasteiger partial charge is 0.406 e. The summed E-state index contributed by atoms with van der Waals surface area (Å²) >= 11 is 0. The van der Waals surface area contributed by atoms with Gasteiger partial charge in [0.05, 0.1) is 12.0 Å². The van der Waals surface area contributed by atoms with Gasteiger partial charge < -0.3 is 24.2 Å². The Morgan fingerprint density at radius 3 is 2.47 bits per heavy atom. The van der Waals surface area contributed by atoms with Crippen LogP contribution in [0.1, 0.15) is 44.8 Å². The summed E-state index contributed by atoms with van der Waals surface area (Å²) in [4.78, 5) is 30.9. The quantitative estimate of drug-likeness (QED) is 0.264. The number of carbonyl (C=O) groups excluding carboxylic acids is 1. The molecular weight excluding hydrogens is 527 g/mol. The molecule has 1 amide bonds. The number of fused-ring (bicyclic) bond motifs is 1. The minimum absolute atomic E-state index is 0. The molecule has 1 aliphatic heterocycles. The Morgan fingerprint density at radius 2 is 1.87 bits per heavy atom. The van der Waals surface area contributed by atoms with Crippen molar-refractivity contribution in [2.45, 2.75) is 70.9 Å². The Morgan fingerprint density at radius 1 is 1.18 bits per heavy atom. The highest BCUT2D eigenvalue weighted by molar-refractivity contribution is 7.32. The van der Waals surface area contributed by atoms with E-state index in [1.54, 1.807) is 41.1 Å². The molecule has 13 heteroatoms. The number of hydrogen-bond acceptors (Lipinski definition) is 8. The molecule has 1 fully saturated rings. The molecule has 3 heterocycles. The van der Waals surface area contributed by atoms with Gasteiger partial charge in [-0.15, -0.1) is 9.42 Å². The van der Waals surface area contributed by atoms with E-state index in [2.05, 4.69) is 49.1 Å². The average molecular weight is 564 g/mol. The molecule has 11 nitrogen and oxygen atoms in total. The zero-order valence-corrected chi connectivity index (χ0v) is 23.3. The van der Waals surface area contributed by atoms with E-state index in [1.807, 2.05) is 6.07 Å². The lowest BCUT2D eigenvalue weighted by atomic mass is 10.1. The number of ether oxygens (including phenoxy) is 1. The molecule has 0 spiro atoms. The van der Waals surface area contributed by atoms with E-state index in [4.69, 9.17) is 13.7 Å². The molecular formula is C25H36N4O7PSi+. The normalized spacial score (nSPS) is 22.2. The van der Waals surface area contributed by atoms with Crippen molar-refractivity contribution in [3.8, 4) is 0 Å². The van der Waals surface area contributed by atoms with Gasteiger partial charge in [0.2, 0.25) is 0 Å². The van der Waals surface area contributed by atoms with Crippen LogP contribution in [0.15, 0.2) is 48.9 Å². The van der Waals surface area contributed by atoms with Gasteiger partial charge in [0, 0.05) is 16.3 Å². The zero-order chi connectivity index (χ0) is 27.0. The molecule has 1 saturated heterocycles. The molecule has 0 radical (unpaired) electrons. The highest BCUT2D eigenvalue weighted by atomic mass is 31.1. The number of amides is 1. The predicted molar refractivity (Wildman–Crippen MR) is 146 cm³/mol. The Labute approximate surface area is 224 Å². The van der Waals surface area contributed by atoms with Crippen molar-refractivity contribution in [2.24, 2.45) is 0 Å². The summed E-state index contributed by atoms with van der Waals surface area (Å²) < 4.78 is 31.5. The van der Waals surface area contributed by atoms with Gasteiger partial charge in [0.15, 0.2) is 20.6 Å². The Kier molecular flexibility index (Phi) is 9.20. The van der Waals surface area contributed by atoms with Crippen LogP contribution in [0.3, 0.4) is 0 Å². The third-order valence-electron chi connectivity index (χ3n) is 6.97. The highest BCUT2D eigenvalue weighted by Gasteiger charge is 2.54. The molecule has 38 heavy (non-hydrogen) atoms. The minimum Gasteiger partial charge on any atom is -0.406 e. The van der Waals surface area contributed by atoms with Gasteiger partial charge in [-0.05, 0) is 36.3 Å². The monoisotopic (exact) mass is 563 g/mol. The lowest BCUT2D eigenvalue weighted by Gasteiger charge is -2.40. The summed E-state index contributed by atoms with van der Waals surface area (Å²) in [5, 5.41) is 13.2. The number of anilines is 1. The van der Waals surface area contributed by atoms with Crippen LogP contribution in [0.5, 0.6) is 0 Å². The third kappa shape index (κ3) is 6.02. The second-order valence-electron chi connectivity index (χ2n) is 10.4. The molecule has 1 aromatic carbocycles. The number of nitrogens with zero attached hydrogens (tertiary/aromatic N) is 3. The average Bonchev–Trinajstić information content (AvgIpc) is 3.40. The van der Waals surface area contributed by atoms with E-state index < -0.39 is 47.7 Å². The van der Waals surface area contributed by atoms with Crippen LogP contribution in [-0.4, -0.2) is 63.7 Å². The maximum atomic E-state index is 12.7. The number of aliphatic hydroxyl groups excluding tert-OH is 1. The maximum absolute atomic E-state index is 12.7. The van der Waals surface area contributed by atoms with Gasteiger partial charge in [-0.25, -0.2) is 9.97 Å². The minimum atomic E-state index is -2.98. The second-order valence-corrected chi connectivity index (χ2v) is 15.8. The fraction of sp³-hybridized carbons (Fsp3) is 0.480. The summed E-state index contributed by atoms with van der Waals surface area (Å²) in [6.45, 7) is 9.91. The summed E-state index contributed by atoms with van der Waals surface area (Å²) in [6, 6.07) is 10.5. The van der Waals surface area contributed by atoms with E-state index >= 15 is 0 Å². The molecule has 0 bridgehead atoms. The van der Waals surface area contributed by atoms with Crippen LogP contribution in [0, 0.1) is 0 Å². The number of benzene rings is 1. The van der Waals surface area contributed by atoms with Crippen molar-refractivity contribution in [1.29, 1.82) is 0 Å². The van der Waals surface area contributed by atoms with E-state index in [9.17, 15) is 19.4 Å². The van der Waals surface area contributed by atoms with Crippen molar-refractivity contribution in [3.05, 3.63) is 54.5 Å². The number of aliphatic hydroxyl groups is 1. The topological polar surface area (TPSA) is 145 Å². The predicted octanol–water partition coefficient (Wildman–Crippen LogP) is 4.63. The number of rotatable bonds is 8. The van der Waals surface area contributed by atoms with E-state index in [0.29, 0.717) is 22.4 Å². The summed E-state index contributed by atoms with van der Waals surface area (Å²) in [5.41, 5.74) is 0.942. The maximum Gasteiger partial charge on any atom is 0.695 e. The number of aromatic nitrogens is 3. The van der Waals surface area contributed by atoms with Crippen molar-refractivity contribution < 1.29 is 33.0 Å². The van der Waals surface area contributed by atoms with Gasteiger partial charge in [0.25, 0.3) is 5.91 Å². The van der Waals surface area contributed by atoms with Crippen LogP contribution in [0.25, 0.3) is 11.0 Å². The van der Waals surface area contributed by atoms with Crippen molar-refractivity contribution >= 4 is 39.3 Å². The molecule has 2 unspecified atom stereocenters. The van der Waals surface area contributed by atoms with Crippen molar-refractivity contribution in [2.75, 3.05) is 11.9 Å². The van der Waals surface area contributed by atoms with E-state index in [1.165, 1.54) is 6.33 Å². The standard InChI is InChI=1S/C24H31N4O7PSi.CH4/c1-24(2,3)37(4,5)35-19-18(34-36(31)32)17(13-29)33-23(19)28-12-11-16-20(25-14-26-21(16)28)27-22(30)15-9-7-6-8-10-15;/h6-12,14,17-19,23,29H,13H2,1-5H3,(H-,25,26,27,30,31,32);1H4/p+1/t17-,18+,19?,23-;/m1./s1. The van der Waals surface area contributed by atoms with Crippen molar-refractivity contribution in [3.63, 3.8) is 0 Å². The third-order valence-corrected chi connectivity index (χ3v) is 11.9. The molecule has 5 atom stereocenters. The molecule has 0 saturated carbocycles. The van der Waals surface area contributed by atoms with E-state index in [0.717, 1.165) is 0 Å². The van der Waals surface area contributed by atoms with E-state index in [-0.39, 0.29) is 18.4 Å². The molecule has 0 aliphatic carbocycles. The van der Waals surface area contributed by atoms with Gasteiger partial charge in [-0.3, -0.25) is 4.79 Å².